The largest absolute Gasteiger partial charge is 0.396 e. The standard InChI is InChI=1S/C22H32N4O4/c1-23-13-16-14-25(19(28)7-12-27)11-6-18(16)20(21(23)29)22(30)26-10-5-17(15-26)24-8-3-2-4-9-24/h13,17,27H,2-12,14-15H2,1H3. The van der Waals surface area contributed by atoms with Crippen molar-refractivity contribution in [1.82, 2.24) is 19.3 Å². The zero-order valence-corrected chi connectivity index (χ0v) is 17.8. The molecule has 0 saturated carbocycles. The Balaban J connectivity index is 1.55. The summed E-state index contributed by atoms with van der Waals surface area (Å²) in [6, 6.07) is 0.393. The van der Waals surface area contributed by atoms with Crippen molar-refractivity contribution >= 4 is 11.8 Å². The van der Waals surface area contributed by atoms with Gasteiger partial charge in [0.1, 0.15) is 5.56 Å². The van der Waals surface area contributed by atoms with Crippen LogP contribution in [-0.4, -0.2) is 81.6 Å². The normalized spacial score (nSPS) is 22.3. The lowest BCUT2D eigenvalue weighted by Gasteiger charge is -2.32. The van der Waals surface area contributed by atoms with Gasteiger partial charge in [-0.15, -0.1) is 0 Å². The number of aromatic nitrogens is 1. The van der Waals surface area contributed by atoms with Gasteiger partial charge in [0.25, 0.3) is 11.5 Å². The van der Waals surface area contributed by atoms with Crippen molar-refractivity contribution in [1.29, 1.82) is 0 Å². The van der Waals surface area contributed by atoms with Crippen LogP contribution in [0.5, 0.6) is 0 Å². The van der Waals surface area contributed by atoms with Crippen molar-refractivity contribution in [3.05, 3.63) is 33.2 Å². The molecule has 2 saturated heterocycles. The predicted octanol–water partition coefficient (Wildman–Crippen LogP) is 0.353. The van der Waals surface area contributed by atoms with Gasteiger partial charge in [0.05, 0.1) is 6.61 Å². The fraction of sp³-hybridized carbons (Fsp3) is 0.682. The molecule has 0 spiro atoms. The molecule has 1 atom stereocenters. The first-order valence-electron chi connectivity index (χ1n) is 11.1. The number of rotatable bonds is 4. The summed E-state index contributed by atoms with van der Waals surface area (Å²) in [4.78, 5) is 44.6. The maximum atomic E-state index is 13.4. The van der Waals surface area contributed by atoms with Crippen molar-refractivity contribution in [2.45, 2.75) is 51.1 Å². The number of pyridine rings is 1. The van der Waals surface area contributed by atoms with Crippen LogP contribution in [0.15, 0.2) is 11.0 Å². The highest BCUT2D eigenvalue weighted by atomic mass is 16.3. The Kier molecular flexibility index (Phi) is 6.24. The first-order valence-corrected chi connectivity index (χ1v) is 11.1. The molecule has 2 amide bonds. The van der Waals surface area contributed by atoms with E-state index in [1.807, 2.05) is 4.90 Å². The van der Waals surface area contributed by atoms with Gasteiger partial charge < -0.3 is 19.5 Å². The lowest BCUT2D eigenvalue weighted by molar-refractivity contribution is -0.132. The molecule has 1 aromatic heterocycles. The molecule has 1 aromatic rings. The third kappa shape index (κ3) is 4.03. The van der Waals surface area contributed by atoms with Gasteiger partial charge in [0.2, 0.25) is 5.91 Å². The summed E-state index contributed by atoms with van der Waals surface area (Å²) in [6.45, 7) is 4.25. The lowest BCUT2D eigenvalue weighted by Crippen LogP contribution is -2.44. The predicted molar refractivity (Wildman–Crippen MR) is 112 cm³/mol. The van der Waals surface area contributed by atoms with E-state index in [4.69, 9.17) is 5.11 Å². The molecule has 3 aliphatic rings. The van der Waals surface area contributed by atoms with Crippen LogP contribution in [0.4, 0.5) is 0 Å². The Bertz CT molecular complexity index is 875. The van der Waals surface area contributed by atoms with Gasteiger partial charge >= 0.3 is 0 Å². The lowest BCUT2D eigenvalue weighted by atomic mass is 9.95. The zero-order chi connectivity index (χ0) is 21.3. The molecular weight excluding hydrogens is 384 g/mol. The van der Waals surface area contributed by atoms with E-state index in [0.29, 0.717) is 38.6 Å². The van der Waals surface area contributed by atoms with E-state index >= 15 is 0 Å². The molecule has 30 heavy (non-hydrogen) atoms. The number of fused-ring (bicyclic) bond motifs is 1. The van der Waals surface area contributed by atoms with Crippen LogP contribution in [0.3, 0.4) is 0 Å². The minimum atomic E-state index is -0.254. The molecule has 0 radical (unpaired) electrons. The number of aliphatic hydroxyl groups excluding tert-OH is 1. The van der Waals surface area contributed by atoms with Crippen LogP contribution in [0.2, 0.25) is 0 Å². The minimum Gasteiger partial charge on any atom is -0.396 e. The number of amides is 2. The highest BCUT2D eigenvalue weighted by Crippen LogP contribution is 2.25. The van der Waals surface area contributed by atoms with Crippen molar-refractivity contribution in [2.75, 3.05) is 39.3 Å². The fourth-order valence-electron chi connectivity index (χ4n) is 5.14. The van der Waals surface area contributed by atoms with E-state index in [1.165, 1.54) is 23.8 Å². The Labute approximate surface area is 177 Å². The molecule has 2 fully saturated rings. The first-order chi connectivity index (χ1) is 14.5. The molecule has 0 aromatic carbocycles. The summed E-state index contributed by atoms with van der Waals surface area (Å²) in [5.41, 5.74) is 1.67. The van der Waals surface area contributed by atoms with E-state index in [-0.39, 0.29) is 36.0 Å². The number of aryl methyl sites for hydroxylation is 1. The van der Waals surface area contributed by atoms with Crippen LogP contribution in [0.25, 0.3) is 0 Å². The third-order valence-corrected chi connectivity index (χ3v) is 6.82. The van der Waals surface area contributed by atoms with E-state index in [9.17, 15) is 14.4 Å². The van der Waals surface area contributed by atoms with Crippen molar-refractivity contribution in [2.24, 2.45) is 7.05 Å². The third-order valence-electron chi connectivity index (χ3n) is 6.82. The van der Waals surface area contributed by atoms with Crippen LogP contribution in [-0.2, 0) is 24.8 Å². The second-order valence-electron chi connectivity index (χ2n) is 8.75. The second-order valence-corrected chi connectivity index (χ2v) is 8.75. The van der Waals surface area contributed by atoms with Gasteiger partial charge in [-0.1, -0.05) is 6.42 Å². The maximum absolute atomic E-state index is 13.4. The Morgan fingerprint density at radius 3 is 2.60 bits per heavy atom. The molecule has 4 rings (SSSR count). The molecule has 0 aliphatic carbocycles. The molecule has 1 unspecified atom stereocenters. The molecule has 1 N–H and O–H groups in total. The monoisotopic (exact) mass is 416 g/mol. The average molecular weight is 417 g/mol. The van der Waals surface area contributed by atoms with Gasteiger partial charge in [0.15, 0.2) is 0 Å². The molecule has 0 bridgehead atoms. The van der Waals surface area contributed by atoms with Gasteiger partial charge in [0, 0.05) is 51.9 Å². The average Bonchev–Trinajstić information content (AvgIpc) is 3.25. The number of likely N-dealkylation sites (tertiary alicyclic amines) is 2. The van der Waals surface area contributed by atoms with Gasteiger partial charge in [-0.05, 0) is 49.9 Å². The summed E-state index contributed by atoms with van der Waals surface area (Å²) in [5.74, 6) is -0.268. The summed E-state index contributed by atoms with van der Waals surface area (Å²) in [7, 11) is 1.66. The van der Waals surface area contributed by atoms with Crippen LogP contribution < -0.4 is 5.56 Å². The van der Waals surface area contributed by atoms with E-state index in [1.54, 1.807) is 18.1 Å². The summed E-state index contributed by atoms with van der Waals surface area (Å²) < 4.78 is 1.46. The summed E-state index contributed by atoms with van der Waals surface area (Å²) in [6.07, 6.45) is 7.03. The number of piperidine rings is 1. The van der Waals surface area contributed by atoms with Crippen molar-refractivity contribution in [3.8, 4) is 0 Å². The second kappa shape index (κ2) is 8.89. The smallest absolute Gasteiger partial charge is 0.263 e. The quantitative estimate of drug-likeness (QED) is 0.766. The zero-order valence-electron chi connectivity index (χ0n) is 17.8. The summed E-state index contributed by atoms with van der Waals surface area (Å²) >= 11 is 0. The highest BCUT2D eigenvalue weighted by Gasteiger charge is 2.35. The van der Waals surface area contributed by atoms with E-state index < -0.39 is 0 Å². The van der Waals surface area contributed by atoms with Crippen LogP contribution in [0.1, 0.15) is 53.6 Å². The Morgan fingerprint density at radius 2 is 1.87 bits per heavy atom. The SMILES string of the molecule is Cn1cc2c(c(C(=O)N3CCC(N4CCCCC4)C3)c1=O)CCN(C(=O)CCO)C2. The minimum absolute atomic E-state index is 0.0958. The maximum Gasteiger partial charge on any atom is 0.263 e. The van der Waals surface area contributed by atoms with Gasteiger partial charge in [-0.2, -0.15) is 0 Å². The number of carbonyl (C=O) groups excluding carboxylic acids is 2. The molecule has 4 heterocycles. The number of carbonyl (C=O) groups is 2. The van der Waals surface area contributed by atoms with Crippen LogP contribution in [0, 0.1) is 0 Å². The Hall–Kier alpha value is -2.19. The number of hydrogen-bond donors (Lipinski definition) is 1. The van der Waals surface area contributed by atoms with Crippen molar-refractivity contribution < 1.29 is 14.7 Å². The molecular formula is C22H32N4O4. The van der Waals surface area contributed by atoms with Crippen LogP contribution >= 0.6 is 0 Å². The molecule has 8 heteroatoms. The topological polar surface area (TPSA) is 86.1 Å². The van der Waals surface area contributed by atoms with Gasteiger partial charge in [-0.3, -0.25) is 19.3 Å². The van der Waals surface area contributed by atoms with E-state index in [2.05, 4.69) is 4.90 Å². The fourth-order valence-corrected chi connectivity index (χ4v) is 5.14. The van der Waals surface area contributed by atoms with Crippen molar-refractivity contribution in [3.63, 3.8) is 0 Å². The van der Waals surface area contributed by atoms with E-state index in [0.717, 1.165) is 30.6 Å². The summed E-state index contributed by atoms with van der Waals surface area (Å²) in [5, 5.41) is 9.05. The van der Waals surface area contributed by atoms with Gasteiger partial charge in [-0.25, -0.2) is 0 Å². The first kappa shape index (κ1) is 21.1. The number of aliphatic hydroxyl groups is 1. The molecule has 3 aliphatic heterocycles. The molecule has 164 valence electrons. The molecule has 8 nitrogen and oxygen atoms in total. The Morgan fingerprint density at radius 1 is 1.10 bits per heavy atom. The highest BCUT2D eigenvalue weighted by molar-refractivity contribution is 5.96. The number of nitrogens with zero attached hydrogens (tertiary/aromatic N) is 4. The number of hydrogen-bond acceptors (Lipinski definition) is 5.